The molecule has 1 fully saturated rings. The molecule has 1 aromatic carbocycles. The van der Waals surface area contributed by atoms with Crippen molar-refractivity contribution in [1.29, 1.82) is 0 Å². The summed E-state index contributed by atoms with van der Waals surface area (Å²) in [5.74, 6) is -0.633. The Labute approximate surface area is 146 Å². The summed E-state index contributed by atoms with van der Waals surface area (Å²) in [5.41, 5.74) is 0. The highest BCUT2D eigenvalue weighted by Gasteiger charge is 2.43. The average molecular weight is 368 g/mol. The molecule has 8 nitrogen and oxygen atoms in total. The molecule has 1 unspecified atom stereocenters. The van der Waals surface area contributed by atoms with Crippen molar-refractivity contribution < 1.29 is 27.5 Å². The molecule has 1 amide bonds. The first-order valence-corrected chi connectivity index (χ1v) is 8.91. The number of piperazine rings is 1. The normalized spacial score (nSPS) is 18.7. The zero-order valence-corrected chi connectivity index (χ0v) is 14.9. The molecule has 25 heavy (non-hydrogen) atoms. The van der Waals surface area contributed by atoms with Crippen LogP contribution in [0.3, 0.4) is 0 Å². The van der Waals surface area contributed by atoms with E-state index in [1.54, 1.807) is 0 Å². The van der Waals surface area contributed by atoms with Gasteiger partial charge in [-0.05, 0) is 24.3 Å². The molecular formula is C16H20N2O6S. The lowest BCUT2D eigenvalue weighted by Crippen LogP contribution is -2.60. The third kappa shape index (κ3) is 3.83. The molecule has 0 aliphatic carbocycles. The molecule has 1 saturated heterocycles. The molecule has 0 N–H and O–H groups in total. The first-order valence-electron chi connectivity index (χ1n) is 7.47. The number of nitrogens with zero attached hydrogens (tertiary/aromatic N) is 2. The molecule has 1 aliphatic heterocycles. The molecule has 9 heteroatoms. The monoisotopic (exact) mass is 368 g/mol. The van der Waals surface area contributed by atoms with Gasteiger partial charge in [-0.25, -0.2) is 8.42 Å². The van der Waals surface area contributed by atoms with Crippen LogP contribution in [0.1, 0.15) is 0 Å². The van der Waals surface area contributed by atoms with E-state index in [-0.39, 0.29) is 18.0 Å². The van der Waals surface area contributed by atoms with Crippen LogP contribution < -0.4 is 4.74 Å². The largest absolute Gasteiger partial charge is 0.497 e. The predicted molar refractivity (Wildman–Crippen MR) is 89.5 cm³/mol. The maximum atomic E-state index is 12.9. The van der Waals surface area contributed by atoms with Crippen molar-refractivity contribution >= 4 is 21.9 Å². The lowest BCUT2D eigenvalue weighted by molar-refractivity contribution is -0.150. The summed E-state index contributed by atoms with van der Waals surface area (Å²) in [5, 5.41) is 0. The van der Waals surface area contributed by atoms with E-state index >= 15 is 0 Å². The Hall–Kier alpha value is -2.39. The minimum Gasteiger partial charge on any atom is -0.497 e. The number of ether oxygens (including phenoxy) is 2. The van der Waals surface area contributed by atoms with Crippen LogP contribution in [-0.2, 0) is 24.3 Å². The lowest BCUT2D eigenvalue weighted by Gasteiger charge is -2.38. The fraction of sp³-hybridized carbons (Fsp3) is 0.375. The average Bonchev–Trinajstić information content (AvgIpc) is 2.62. The fourth-order valence-electron chi connectivity index (χ4n) is 2.54. The number of benzene rings is 1. The third-order valence-corrected chi connectivity index (χ3v) is 5.74. The Balaban J connectivity index is 2.39. The summed E-state index contributed by atoms with van der Waals surface area (Å²) in [4.78, 5) is 25.7. The number of hydrogen-bond acceptors (Lipinski definition) is 6. The van der Waals surface area contributed by atoms with Crippen molar-refractivity contribution in [2.45, 2.75) is 10.9 Å². The molecule has 0 radical (unpaired) electrons. The Bertz CT molecular complexity index is 759. The Morgan fingerprint density at radius 1 is 1.32 bits per heavy atom. The second-order valence-electron chi connectivity index (χ2n) is 5.35. The van der Waals surface area contributed by atoms with Crippen LogP contribution in [0.15, 0.2) is 41.8 Å². The second-order valence-corrected chi connectivity index (χ2v) is 7.24. The maximum absolute atomic E-state index is 12.9. The highest BCUT2D eigenvalue weighted by Crippen LogP contribution is 2.24. The third-order valence-electron chi connectivity index (χ3n) is 3.87. The summed E-state index contributed by atoms with van der Waals surface area (Å²) >= 11 is 0. The van der Waals surface area contributed by atoms with Gasteiger partial charge in [0.25, 0.3) is 0 Å². The molecule has 0 aromatic heterocycles. The van der Waals surface area contributed by atoms with E-state index in [1.807, 2.05) is 0 Å². The van der Waals surface area contributed by atoms with Crippen molar-refractivity contribution in [3.63, 3.8) is 0 Å². The van der Waals surface area contributed by atoms with E-state index in [0.717, 1.165) is 4.31 Å². The first kappa shape index (κ1) is 18.9. The summed E-state index contributed by atoms with van der Waals surface area (Å²) in [7, 11) is -1.42. The molecule has 0 spiro atoms. The molecule has 0 bridgehead atoms. The number of rotatable bonds is 6. The molecule has 1 aliphatic rings. The molecule has 1 atom stereocenters. The van der Waals surface area contributed by atoms with Crippen LogP contribution in [-0.4, -0.2) is 69.4 Å². The minimum absolute atomic E-state index is 0.0350. The summed E-state index contributed by atoms with van der Waals surface area (Å²) in [6, 6.07) is 4.60. The van der Waals surface area contributed by atoms with E-state index in [2.05, 4.69) is 6.58 Å². The van der Waals surface area contributed by atoms with Gasteiger partial charge in [0.05, 0.1) is 25.7 Å². The van der Waals surface area contributed by atoms with Gasteiger partial charge in [0.15, 0.2) is 0 Å². The minimum atomic E-state index is -4.06. The molecule has 1 heterocycles. The Kier molecular flexibility index (Phi) is 5.81. The fourth-order valence-corrected chi connectivity index (χ4v) is 4.06. The molecule has 1 aromatic rings. The van der Waals surface area contributed by atoms with E-state index < -0.39 is 34.5 Å². The van der Waals surface area contributed by atoms with Crippen molar-refractivity contribution in [2.75, 3.05) is 33.9 Å². The standard InChI is InChI=1S/C16H20N2O6S/c1-4-9-17-10-14(16(20)24-3)18(11-15(17)19)25(21,22)13-7-5-12(23-2)6-8-13/h4-8,14H,1,9-11H2,2-3H3. The van der Waals surface area contributed by atoms with Gasteiger partial charge < -0.3 is 14.4 Å². The molecular weight excluding hydrogens is 348 g/mol. The van der Waals surface area contributed by atoms with Crippen molar-refractivity contribution in [3.8, 4) is 5.75 Å². The maximum Gasteiger partial charge on any atom is 0.326 e. The quantitative estimate of drug-likeness (QED) is 0.528. The number of carbonyl (C=O) groups excluding carboxylic acids is 2. The van der Waals surface area contributed by atoms with Gasteiger partial charge in [-0.3, -0.25) is 9.59 Å². The van der Waals surface area contributed by atoms with Gasteiger partial charge in [-0.15, -0.1) is 6.58 Å². The van der Waals surface area contributed by atoms with Gasteiger partial charge in [0.2, 0.25) is 15.9 Å². The highest BCUT2D eigenvalue weighted by molar-refractivity contribution is 7.89. The number of esters is 1. The van der Waals surface area contributed by atoms with E-state index in [9.17, 15) is 18.0 Å². The van der Waals surface area contributed by atoms with Crippen molar-refractivity contribution in [3.05, 3.63) is 36.9 Å². The van der Waals surface area contributed by atoms with E-state index in [4.69, 9.17) is 9.47 Å². The molecule has 136 valence electrons. The number of methoxy groups -OCH3 is 2. The van der Waals surface area contributed by atoms with Crippen LogP contribution in [0.25, 0.3) is 0 Å². The van der Waals surface area contributed by atoms with Gasteiger partial charge >= 0.3 is 5.97 Å². The SMILES string of the molecule is C=CCN1CC(C(=O)OC)N(S(=O)(=O)c2ccc(OC)cc2)CC1=O. The van der Waals surface area contributed by atoms with Crippen LogP contribution in [0.5, 0.6) is 5.75 Å². The van der Waals surface area contributed by atoms with E-state index in [1.165, 1.54) is 49.5 Å². The van der Waals surface area contributed by atoms with Crippen molar-refractivity contribution in [1.82, 2.24) is 9.21 Å². The zero-order chi connectivity index (χ0) is 18.6. The number of amides is 1. The van der Waals surface area contributed by atoms with Gasteiger partial charge in [-0.1, -0.05) is 6.08 Å². The molecule has 2 rings (SSSR count). The van der Waals surface area contributed by atoms with Gasteiger partial charge in [-0.2, -0.15) is 4.31 Å². The summed E-state index contributed by atoms with van der Waals surface area (Å²) in [6.07, 6.45) is 1.51. The van der Waals surface area contributed by atoms with Crippen molar-refractivity contribution in [2.24, 2.45) is 0 Å². The second kappa shape index (κ2) is 7.66. The number of carbonyl (C=O) groups is 2. The van der Waals surface area contributed by atoms with Gasteiger partial charge in [0.1, 0.15) is 11.8 Å². The van der Waals surface area contributed by atoms with Gasteiger partial charge in [0, 0.05) is 13.1 Å². The predicted octanol–water partition coefficient (Wildman–Crippen LogP) is 0.256. The smallest absolute Gasteiger partial charge is 0.326 e. The van der Waals surface area contributed by atoms with Crippen LogP contribution in [0.2, 0.25) is 0 Å². The highest BCUT2D eigenvalue weighted by atomic mass is 32.2. The lowest BCUT2D eigenvalue weighted by atomic mass is 10.2. The van der Waals surface area contributed by atoms with Crippen LogP contribution in [0, 0.1) is 0 Å². The van der Waals surface area contributed by atoms with Crippen LogP contribution >= 0.6 is 0 Å². The Morgan fingerprint density at radius 2 is 1.96 bits per heavy atom. The first-order chi connectivity index (χ1) is 11.8. The van der Waals surface area contributed by atoms with E-state index in [0.29, 0.717) is 5.75 Å². The Morgan fingerprint density at radius 3 is 2.48 bits per heavy atom. The summed E-state index contributed by atoms with van der Waals surface area (Å²) < 4.78 is 36.4. The zero-order valence-electron chi connectivity index (χ0n) is 14.0. The van der Waals surface area contributed by atoms with Crippen LogP contribution in [0.4, 0.5) is 0 Å². The number of hydrogen-bond donors (Lipinski definition) is 0. The number of sulfonamides is 1. The summed E-state index contributed by atoms with van der Waals surface area (Å²) in [6.45, 7) is 3.25. The topological polar surface area (TPSA) is 93.2 Å². The molecule has 0 saturated carbocycles.